The first kappa shape index (κ1) is 24.3. The number of amides is 2. The largest absolute Gasteiger partial charge is 0.444 e. The Hall–Kier alpha value is -1.34. The normalized spacial score (nSPS) is 28.9. The molecular weight excluding hydrogens is 394 g/mol. The van der Waals surface area contributed by atoms with E-state index in [2.05, 4.69) is 15.1 Å². The molecule has 1 saturated carbocycles. The van der Waals surface area contributed by atoms with Crippen molar-refractivity contribution in [3.63, 3.8) is 0 Å². The molecule has 7 heteroatoms. The molecule has 2 saturated heterocycles. The Kier molecular flexibility index (Phi) is 8.25. The number of likely N-dealkylation sites (tertiary alicyclic amines) is 1. The highest BCUT2D eigenvalue weighted by molar-refractivity contribution is 5.81. The summed E-state index contributed by atoms with van der Waals surface area (Å²) in [6.45, 7) is 14.2. The number of rotatable bonds is 5. The van der Waals surface area contributed by atoms with Crippen LogP contribution < -0.4 is 5.32 Å². The number of carbonyl (C=O) groups is 2. The molecule has 0 aromatic heterocycles. The van der Waals surface area contributed by atoms with Gasteiger partial charge in [0, 0.05) is 26.2 Å². The molecule has 0 bridgehead atoms. The van der Waals surface area contributed by atoms with E-state index >= 15 is 0 Å². The van der Waals surface area contributed by atoms with Crippen LogP contribution in [0.1, 0.15) is 72.6 Å². The first-order chi connectivity index (χ1) is 14.7. The highest BCUT2D eigenvalue weighted by Gasteiger charge is 2.44. The summed E-state index contributed by atoms with van der Waals surface area (Å²) in [5, 5.41) is 3.06. The fourth-order valence-electron chi connectivity index (χ4n) is 5.27. The van der Waals surface area contributed by atoms with Gasteiger partial charge in [-0.15, -0.1) is 0 Å². The van der Waals surface area contributed by atoms with E-state index in [4.69, 9.17) is 9.47 Å². The number of morpholine rings is 1. The number of alkyl carbamates (subject to hydrolysis) is 1. The number of ether oxygens (including phenoxy) is 2. The van der Waals surface area contributed by atoms with Crippen molar-refractivity contribution in [2.24, 2.45) is 11.8 Å². The van der Waals surface area contributed by atoms with Crippen molar-refractivity contribution in [2.45, 2.75) is 83.8 Å². The Labute approximate surface area is 188 Å². The van der Waals surface area contributed by atoms with Gasteiger partial charge in [0.1, 0.15) is 5.60 Å². The van der Waals surface area contributed by atoms with Crippen molar-refractivity contribution in [1.82, 2.24) is 15.1 Å². The number of carbonyl (C=O) groups excluding carboxylic acids is 2. The van der Waals surface area contributed by atoms with Gasteiger partial charge in [-0.05, 0) is 72.3 Å². The maximum Gasteiger partial charge on any atom is 0.408 e. The lowest BCUT2D eigenvalue weighted by Gasteiger charge is -2.44. The van der Waals surface area contributed by atoms with Crippen LogP contribution in [0.3, 0.4) is 0 Å². The number of nitrogens with zero attached hydrogens (tertiary/aromatic N) is 2. The van der Waals surface area contributed by atoms with E-state index < -0.39 is 17.2 Å². The van der Waals surface area contributed by atoms with Crippen molar-refractivity contribution < 1.29 is 19.1 Å². The molecule has 2 heterocycles. The average molecular weight is 438 g/mol. The van der Waals surface area contributed by atoms with Crippen LogP contribution in [-0.2, 0) is 14.3 Å². The van der Waals surface area contributed by atoms with E-state index in [0.29, 0.717) is 5.92 Å². The Bertz CT molecular complexity index is 606. The van der Waals surface area contributed by atoms with E-state index in [1.54, 1.807) is 0 Å². The second-order valence-corrected chi connectivity index (χ2v) is 10.9. The van der Waals surface area contributed by atoms with E-state index in [0.717, 1.165) is 84.5 Å². The first-order valence-electron chi connectivity index (χ1n) is 12.3. The van der Waals surface area contributed by atoms with Gasteiger partial charge < -0.3 is 19.7 Å². The number of nitrogens with one attached hydrogen (secondary N) is 1. The van der Waals surface area contributed by atoms with Crippen molar-refractivity contribution in [3.8, 4) is 0 Å². The molecule has 2 atom stereocenters. The van der Waals surface area contributed by atoms with E-state index in [1.165, 1.54) is 6.42 Å². The summed E-state index contributed by atoms with van der Waals surface area (Å²) >= 11 is 0. The third-order valence-electron chi connectivity index (χ3n) is 7.18. The molecule has 2 aliphatic heterocycles. The highest BCUT2D eigenvalue weighted by Crippen LogP contribution is 2.36. The third kappa shape index (κ3) is 7.07. The quantitative estimate of drug-likeness (QED) is 0.714. The molecule has 0 unspecified atom stereocenters. The molecule has 3 aliphatic rings. The predicted molar refractivity (Wildman–Crippen MR) is 121 cm³/mol. The SMILES string of the molecule is CC(C)(C)OC(=O)N[C@@]1(C)CCCC[C@H]1C(=O)N1CCC(CCN2CCOCC2)CC1. The van der Waals surface area contributed by atoms with Crippen LogP contribution >= 0.6 is 0 Å². The minimum atomic E-state index is -0.544. The van der Waals surface area contributed by atoms with Crippen LogP contribution in [0, 0.1) is 11.8 Å². The molecule has 0 aromatic rings. The summed E-state index contributed by atoms with van der Waals surface area (Å²) in [6.07, 6.45) is 6.68. The Morgan fingerprint density at radius 2 is 1.74 bits per heavy atom. The Morgan fingerprint density at radius 3 is 2.39 bits per heavy atom. The zero-order valence-electron chi connectivity index (χ0n) is 20.1. The molecule has 31 heavy (non-hydrogen) atoms. The molecule has 3 fully saturated rings. The molecule has 0 spiro atoms. The van der Waals surface area contributed by atoms with Crippen molar-refractivity contribution in [2.75, 3.05) is 45.9 Å². The number of piperidine rings is 1. The maximum atomic E-state index is 13.5. The Morgan fingerprint density at radius 1 is 1.06 bits per heavy atom. The summed E-state index contributed by atoms with van der Waals surface area (Å²) in [7, 11) is 0. The van der Waals surface area contributed by atoms with Gasteiger partial charge in [-0.1, -0.05) is 12.8 Å². The average Bonchev–Trinajstić information content (AvgIpc) is 2.71. The predicted octanol–water partition coefficient (Wildman–Crippen LogP) is 3.42. The summed E-state index contributed by atoms with van der Waals surface area (Å²) in [5.74, 6) is 0.744. The van der Waals surface area contributed by atoms with E-state index in [1.807, 2.05) is 27.7 Å². The molecule has 0 aromatic carbocycles. The van der Waals surface area contributed by atoms with Crippen LogP contribution in [-0.4, -0.2) is 78.9 Å². The molecule has 2 amide bonds. The highest BCUT2D eigenvalue weighted by atomic mass is 16.6. The fourth-order valence-corrected chi connectivity index (χ4v) is 5.27. The minimum absolute atomic E-state index is 0.168. The van der Waals surface area contributed by atoms with Crippen molar-refractivity contribution in [3.05, 3.63) is 0 Å². The smallest absolute Gasteiger partial charge is 0.408 e. The third-order valence-corrected chi connectivity index (χ3v) is 7.18. The number of hydrogen-bond acceptors (Lipinski definition) is 5. The van der Waals surface area contributed by atoms with E-state index in [9.17, 15) is 9.59 Å². The van der Waals surface area contributed by atoms with Gasteiger partial charge in [-0.3, -0.25) is 9.69 Å². The summed E-state index contributed by atoms with van der Waals surface area (Å²) in [4.78, 5) is 30.5. The van der Waals surface area contributed by atoms with Gasteiger partial charge in [-0.2, -0.15) is 0 Å². The van der Waals surface area contributed by atoms with Gasteiger partial charge in [0.2, 0.25) is 5.91 Å². The fraction of sp³-hybridized carbons (Fsp3) is 0.917. The second kappa shape index (κ2) is 10.5. The molecule has 3 rings (SSSR count). The molecular formula is C24H43N3O4. The van der Waals surface area contributed by atoms with Crippen LogP contribution in [0.25, 0.3) is 0 Å². The van der Waals surface area contributed by atoms with Crippen LogP contribution in [0.4, 0.5) is 4.79 Å². The van der Waals surface area contributed by atoms with Gasteiger partial charge in [0.15, 0.2) is 0 Å². The second-order valence-electron chi connectivity index (χ2n) is 10.9. The van der Waals surface area contributed by atoms with Crippen LogP contribution in [0.15, 0.2) is 0 Å². The molecule has 178 valence electrons. The Balaban J connectivity index is 1.50. The number of hydrogen-bond donors (Lipinski definition) is 1. The summed E-state index contributed by atoms with van der Waals surface area (Å²) in [6, 6.07) is 0. The molecule has 1 N–H and O–H groups in total. The van der Waals surface area contributed by atoms with Gasteiger partial charge in [0.05, 0.1) is 24.7 Å². The summed E-state index contributed by atoms with van der Waals surface area (Å²) < 4.78 is 10.9. The zero-order valence-corrected chi connectivity index (χ0v) is 20.1. The van der Waals surface area contributed by atoms with Gasteiger partial charge >= 0.3 is 6.09 Å². The summed E-state index contributed by atoms with van der Waals surface area (Å²) in [5.41, 5.74) is -1.08. The van der Waals surface area contributed by atoms with Gasteiger partial charge in [0.25, 0.3) is 0 Å². The minimum Gasteiger partial charge on any atom is -0.444 e. The van der Waals surface area contributed by atoms with Crippen molar-refractivity contribution in [1.29, 1.82) is 0 Å². The van der Waals surface area contributed by atoms with Crippen LogP contribution in [0.5, 0.6) is 0 Å². The van der Waals surface area contributed by atoms with Crippen LogP contribution in [0.2, 0.25) is 0 Å². The lowest BCUT2D eigenvalue weighted by atomic mass is 9.73. The lowest BCUT2D eigenvalue weighted by molar-refractivity contribution is -0.141. The lowest BCUT2D eigenvalue weighted by Crippen LogP contribution is -2.59. The zero-order chi connectivity index (χ0) is 22.5. The monoisotopic (exact) mass is 437 g/mol. The van der Waals surface area contributed by atoms with Crippen molar-refractivity contribution >= 4 is 12.0 Å². The molecule has 1 aliphatic carbocycles. The van der Waals surface area contributed by atoms with Gasteiger partial charge in [-0.25, -0.2) is 4.79 Å². The standard InChI is InChI=1S/C24H43N3O4/c1-23(2,3)31-22(29)25-24(4)11-6-5-7-20(24)21(28)27-13-9-19(10-14-27)8-12-26-15-17-30-18-16-26/h19-20H,5-18H2,1-4H3,(H,25,29)/t20-,24-/m0/s1. The molecule has 0 radical (unpaired) electrons. The first-order valence-corrected chi connectivity index (χ1v) is 12.3. The topological polar surface area (TPSA) is 71.1 Å². The van der Waals surface area contributed by atoms with E-state index in [-0.39, 0.29) is 11.8 Å². The molecule has 7 nitrogen and oxygen atoms in total. The maximum absolute atomic E-state index is 13.5.